The second-order valence-corrected chi connectivity index (χ2v) is 5.73. The fraction of sp³-hybridized carbons (Fsp3) is 0.0588. The molecule has 0 spiro atoms. The van der Waals surface area contributed by atoms with Gasteiger partial charge in [0.05, 0.1) is 15.6 Å². The Labute approximate surface area is 141 Å². The number of esters is 1. The van der Waals surface area contributed by atoms with E-state index in [2.05, 4.69) is 4.98 Å². The molecule has 0 atom stereocenters. The van der Waals surface area contributed by atoms with Gasteiger partial charge in [-0.2, -0.15) is 0 Å². The Bertz CT molecular complexity index is 928. The molecule has 0 saturated carbocycles. The molecule has 0 aliphatic carbocycles. The minimum atomic E-state index is -0.724. The Balaban J connectivity index is 2.09. The van der Waals surface area contributed by atoms with Crippen LogP contribution in [-0.2, 0) is 0 Å². The highest BCUT2D eigenvalue weighted by molar-refractivity contribution is 6.39. The summed E-state index contributed by atoms with van der Waals surface area (Å²) < 4.78 is 18.6. The zero-order valence-electron chi connectivity index (χ0n) is 11.9. The van der Waals surface area contributed by atoms with Crippen LogP contribution in [0.2, 0.25) is 10.0 Å². The quantitative estimate of drug-likeness (QED) is 0.471. The Morgan fingerprint density at radius 3 is 2.65 bits per heavy atom. The molecular formula is C17H10Cl2FNO2. The highest BCUT2D eigenvalue weighted by atomic mass is 35.5. The van der Waals surface area contributed by atoms with Crippen molar-refractivity contribution in [2.45, 2.75) is 6.92 Å². The average molecular weight is 350 g/mol. The summed E-state index contributed by atoms with van der Waals surface area (Å²) in [5.74, 6) is -1.15. The van der Waals surface area contributed by atoms with Crippen molar-refractivity contribution in [3.05, 3.63) is 69.6 Å². The topological polar surface area (TPSA) is 39.2 Å². The number of carbonyl (C=O) groups excluding carboxylic acids is 1. The molecule has 116 valence electrons. The summed E-state index contributed by atoms with van der Waals surface area (Å²) in [5, 5.41) is 1.18. The maximum Gasteiger partial charge on any atom is 0.343 e. The molecule has 0 radical (unpaired) electrons. The minimum Gasteiger partial charge on any atom is -0.419 e. The zero-order valence-corrected chi connectivity index (χ0v) is 13.5. The van der Waals surface area contributed by atoms with Gasteiger partial charge < -0.3 is 4.74 Å². The summed E-state index contributed by atoms with van der Waals surface area (Å²) >= 11 is 12.3. The lowest BCUT2D eigenvalue weighted by Crippen LogP contribution is -2.10. The maximum atomic E-state index is 13.2. The number of hydrogen-bond acceptors (Lipinski definition) is 3. The number of halogens is 3. The Morgan fingerprint density at radius 2 is 1.91 bits per heavy atom. The number of aromatic nitrogens is 1. The molecule has 0 bridgehead atoms. The third kappa shape index (κ3) is 3.14. The van der Waals surface area contributed by atoms with E-state index < -0.39 is 11.8 Å². The predicted octanol–water partition coefficient (Wildman–Crippen LogP) is 5.21. The van der Waals surface area contributed by atoms with Crippen LogP contribution in [0.15, 0.2) is 42.5 Å². The van der Waals surface area contributed by atoms with Gasteiger partial charge in [0, 0.05) is 11.1 Å². The molecule has 3 rings (SSSR count). The first-order chi connectivity index (χ1) is 11.0. The van der Waals surface area contributed by atoms with Gasteiger partial charge in [-0.05, 0) is 43.3 Å². The number of fused-ring (bicyclic) bond motifs is 1. The predicted molar refractivity (Wildman–Crippen MR) is 87.9 cm³/mol. The van der Waals surface area contributed by atoms with E-state index in [4.69, 9.17) is 27.9 Å². The fourth-order valence-corrected chi connectivity index (χ4v) is 2.71. The van der Waals surface area contributed by atoms with Gasteiger partial charge in [-0.15, -0.1) is 0 Å². The van der Waals surface area contributed by atoms with E-state index >= 15 is 0 Å². The number of carbonyl (C=O) groups is 1. The van der Waals surface area contributed by atoms with E-state index in [1.165, 1.54) is 24.3 Å². The Hall–Kier alpha value is -2.17. The standard InChI is InChI=1S/C17H10Cl2FNO2/c1-9-5-6-12-13(18)8-14(19)16(15(12)21-9)23-17(22)10-3-2-4-11(20)7-10/h2-8H,1H3. The van der Waals surface area contributed by atoms with Crippen LogP contribution in [0.1, 0.15) is 16.1 Å². The lowest BCUT2D eigenvalue weighted by molar-refractivity contribution is 0.0736. The van der Waals surface area contributed by atoms with E-state index in [1.807, 2.05) is 0 Å². The van der Waals surface area contributed by atoms with Gasteiger partial charge in [0.2, 0.25) is 0 Å². The molecule has 0 aliphatic heterocycles. The molecular weight excluding hydrogens is 340 g/mol. The zero-order chi connectivity index (χ0) is 16.6. The number of nitrogens with zero attached hydrogens (tertiary/aromatic N) is 1. The van der Waals surface area contributed by atoms with Crippen LogP contribution >= 0.6 is 23.2 Å². The van der Waals surface area contributed by atoms with Crippen LogP contribution in [0.3, 0.4) is 0 Å². The Morgan fingerprint density at radius 1 is 1.13 bits per heavy atom. The summed E-state index contributed by atoms with van der Waals surface area (Å²) in [6, 6.07) is 10.3. The van der Waals surface area contributed by atoms with Gasteiger partial charge >= 0.3 is 5.97 Å². The van der Waals surface area contributed by atoms with Crippen molar-refractivity contribution in [3.8, 4) is 5.75 Å². The molecule has 2 aromatic carbocycles. The molecule has 3 aromatic rings. The molecule has 23 heavy (non-hydrogen) atoms. The molecule has 0 aliphatic rings. The van der Waals surface area contributed by atoms with Crippen LogP contribution in [-0.4, -0.2) is 11.0 Å². The van der Waals surface area contributed by atoms with Crippen LogP contribution in [0.25, 0.3) is 10.9 Å². The number of benzene rings is 2. The molecule has 0 amide bonds. The summed E-state index contributed by atoms with van der Waals surface area (Å²) in [6.07, 6.45) is 0. The van der Waals surface area contributed by atoms with Crippen molar-refractivity contribution in [1.82, 2.24) is 4.98 Å². The largest absolute Gasteiger partial charge is 0.419 e. The minimum absolute atomic E-state index is 0.0804. The molecule has 3 nitrogen and oxygen atoms in total. The summed E-state index contributed by atoms with van der Waals surface area (Å²) in [5.41, 5.74) is 1.18. The van der Waals surface area contributed by atoms with Crippen molar-refractivity contribution in [2.75, 3.05) is 0 Å². The van der Waals surface area contributed by atoms with E-state index in [0.29, 0.717) is 15.9 Å². The van der Waals surface area contributed by atoms with Crippen LogP contribution in [0.4, 0.5) is 4.39 Å². The van der Waals surface area contributed by atoms with Crippen molar-refractivity contribution in [1.29, 1.82) is 0 Å². The van der Waals surface area contributed by atoms with Crippen LogP contribution in [0.5, 0.6) is 5.75 Å². The van der Waals surface area contributed by atoms with Gasteiger partial charge in [-0.1, -0.05) is 29.3 Å². The van der Waals surface area contributed by atoms with Gasteiger partial charge in [0.15, 0.2) is 5.75 Å². The van der Waals surface area contributed by atoms with Crippen molar-refractivity contribution >= 4 is 40.1 Å². The van der Waals surface area contributed by atoms with Crippen LogP contribution in [0, 0.1) is 12.7 Å². The lowest BCUT2D eigenvalue weighted by atomic mass is 10.2. The van der Waals surface area contributed by atoms with E-state index in [0.717, 1.165) is 11.8 Å². The van der Waals surface area contributed by atoms with Gasteiger partial charge in [-0.3, -0.25) is 0 Å². The summed E-state index contributed by atoms with van der Waals surface area (Å²) in [7, 11) is 0. The molecule has 0 unspecified atom stereocenters. The highest BCUT2D eigenvalue weighted by Gasteiger charge is 2.18. The monoisotopic (exact) mass is 349 g/mol. The first-order valence-corrected chi connectivity index (χ1v) is 7.44. The van der Waals surface area contributed by atoms with Crippen molar-refractivity contribution in [2.24, 2.45) is 0 Å². The third-order valence-corrected chi connectivity index (χ3v) is 3.83. The molecule has 1 heterocycles. The first kappa shape index (κ1) is 15.7. The van der Waals surface area contributed by atoms with Gasteiger partial charge in [0.25, 0.3) is 0 Å². The van der Waals surface area contributed by atoms with Crippen molar-refractivity contribution < 1.29 is 13.9 Å². The number of aryl methyl sites for hydroxylation is 1. The van der Waals surface area contributed by atoms with Gasteiger partial charge in [-0.25, -0.2) is 14.2 Å². The maximum absolute atomic E-state index is 13.2. The fourth-order valence-electron chi connectivity index (χ4n) is 2.15. The van der Waals surface area contributed by atoms with E-state index in [-0.39, 0.29) is 16.3 Å². The Kier molecular flexibility index (Phi) is 4.20. The SMILES string of the molecule is Cc1ccc2c(Cl)cc(Cl)c(OC(=O)c3cccc(F)c3)c2n1. The van der Waals surface area contributed by atoms with E-state index in [9.17, 15) is 9.18 Å². The molecule has 0 fully saturated rings. The second-order valence-electron chi connectivity index (χ2n) is 4.92. The number of pyridine rings is 1. The highest BCUT2D eigenvalue weighted by Crippen LogP contribution is 2.37. The molecule has 6 heteroatoms. The summed E-state index contributed by atoms with van der Waals surface area (Å²) in [4.78, 5) is 16.6. The summed E-state index contributed by atoms with van der Waals surface area (Å²) in [6.45, 7) is 1.80. The van der Waals surface area contributed by atoms with Crippen molar-refractivity contribution in [3.63, 3.8) is 0 Å². The van der Waals surface area contributed by atoms with Gasteiger partial charge in [0.1, 0.15) is 11.3 Å². The molecule has 1 aromatic heterocycles. The molecule has 0 saturated heterocycles. The number of rotatable bonds is 2. The van der Waals surface area contributed by atoms with E-state index in [1.54, 1.807) is 19.1 Å². The van der Waals surface area contributed by atoms with Crippen LogP contribution < -0.4 is 4.74 Å². The third-order valence-electron chi connectivity index (χ3n) is 3.23. The smallest absolute Gasteiger partial charge is 0.343 e. The first-order valence-electron chi connectivity index (χ1n) is 6.69. The normalized spacial score (nSPS) is 10.8. The molecule has 0 N–H and O–H groups in total. The lowest BCUT2D eigenvalue weighted by Gasteiger charge is -2.11. The second kappa shape index (κ2) is 6.14. The number of ether oxygens (including phenoxy) is 1. The average Bonchev–Trinajstić information content (AvgIpc) is 2.51. The number of hydrogen-bond donors (Lipinski definition) is 0.